The fourth-order valence-corrected chi connectivity index (χ4v) is 3.70. The first kappa shape index (κ1) is 15.2. The van der Waals surface area contributed by atoms with Crippen LogP contribution < -0.4 is 0 Å². The number of hydrogen-bond donors (Lipinski definition) is 0. The molecule has 0 unspecified atom stereocenters. The molecule has 0 saturated carbocycles. The summed E-state index contributed by atoms with van der Waals surface area (Å²) in [5, 5.41) is 2.90. The third kappa shape index (κ3) is 2.49. The van der Waals surface area contributed by atoms with E-state index in [4.69, 9.17) is 16.0 Å². The first-order chi connectivity index (χ1) is 12.8. The first-order valence-corrected chi connectivity index (χ1v) is 8.94. The number of hydrogen-bond acceptors (Lipinski definition) is 1. The molecule has 0 amide bonds. The van der Waals surface area contributed by atoms with Crippen LogP contribution >= 0.6 is 11.6 Å². The summed E-state index contributed by atoms with van der Waals surface area (Å²) >= 11 is 6.13. The van der Waals surface area contributed by atoms with E-state index >= 15 is 0 Å². The Morgan fingerprint density at radius 2 is 1.35 bits per heavy atom. The van der Waals surface area contributed by atoms with Gasteiger partial charge in [-0.3, -0.25) is 0 Å². The van der Waals surface area contributed by atoms with Crippen LogP contribution in [0.25, 0.3) is 44.2 Å². The molecule has 0 aliphatic rings. The van der Waals surface area contributed by atoms with Crippen molar-refractivity contribution in [3.63, 3.8) is 0 Å². The first-order valence-electron chi connectivity index (χ1n) is 8.56. The smallest absolute Gasteiger partial charge is 0.136 e. The van der Waals surface area contributed by atoms with Crippen molar-refractivity contribution < 1.29 is 4.42 Å². The van der Waals surface area contributed by atoms with E-state index in [2.05, 4.69) is 54.6 Å². The van der Waals surface area contributed by atoms with Crippen molar-refractivity contribution in [2.75, 3.05) is 0 Å². The molecular weight excluding hydrogens is 340 g/mol. The maximum Gasteiger partial charge on any atom is 0.136 e. The minimum absolute atomic E-state index is 0.684. The highest BCUT2D eigenvalue weighted by Gasteiger charge is 2.13. The molecule has 1 aromatic heterocycles. The van der Waals surface area contributed by atoms with Gasteiger partial charge in [0.25, 0.3) is 0 Å². The minimum atomic E-state index is 0.684. The highest BCUT2D eigenvalue weighted by molar-refractivity contribution is 6.31. The lowest BCUT2D eigenvalue weighted by atomic mass is 9.96. The molecule has 0 saturated heterocycles. The molecule has 26 heavy (non-hydrogen) atoms. The number of benzene rings is 4. The molecule has 0 aliphatic carbocycles. The summed E-state index contributed by atoms with van der Waals surface area (Å²) < 4.78 is 6.03. The van der Waals surface area contributed by atoms with E-state index in [9.17, 15) is 0 Å². The lowest BCUT2D eigenvalue weighted by molar-refractivity contribution is 0.669. The molecule has 1 heterocycles. The van der Waals surface area contributed by atoms with Crippen LogP contribution in [0.1, 0.15) is 0 Å². The van der Waals surface area contributed by atoms with Gasteiger partial charge in [-0.2, -0.15) is 0 Å². The lowest BCUT2D eigenvalue weighted by Gasteiger charge is -2.07. The molecule has 0 spiro atoms. The predicted octanol–water partition coefficient (Wildman–Crippen LogP) is 7.57. The monoisotopic (exact) mass is 354 g/mol. The average Bonchev–Trinajstić information content (AvgIpc) is 3.06. The predicted molar refractivity (Wildman–Crippen MR) is 110 cm³/mol. The van der Waals surface area contributed by atoms with E-state index < -0.39 is 0 Å². The third-order valence-electron chi connectivity index (χ3n) is 4.74. The van der Waals surface area contributed by atoms with Crippen LogP contribution in [0.3, 0.4) is 0 Å². The Morgan fingerprint density at radius 1 is 0.577 bits per heavy atom. The Balaban J connectivity index is 1.76. The van der Waals surface area contributed by atoms with E-state index in [1.54, 1.807) is 0 Å². The third-order valence-corrected chi connectivity index (χ3v) is 4.97. The molecule has 0 bridgehead atoms. The van der Waals surface area contributed by atoms with Crippen LogP contribution in [0.2, 0.25) is 5.02 Å². The molecule has 2 heteroatoms. The van der Waals surface area contributed by atoms with Gasteiger partial charge in [0.15, 0.2) is 0 Å². The molecular formula is C24H15ClO. The Bertz CT molecular complexity index is 1240. The lowest BCUT2D eigenvalue weighted by Crippen LogP contribution is -1.82. The summed E-state index contributed by atoms with van der Waals surface area (Å²) in [5.74, 6) is 0. The van der Waals surface area contributed by atoms with Gasteiger partial charge in [-0.1, -0.05) is 72.3 Å². The molecule has 0 atom stereocenters. The van der Waals surface area contributed by atoms with E-state index in [0.717, 1.165) is 21.9 Å². The summed E-state index contributed by atoms with van der Waals surface area (Å²) in [6, 6.07) is 31.1. The second-order valence-electron chi connectivity index (χ2n) is 6.37. The Hall–Kier alpha value is -3.03. The highest BCUT2D eigenvalue weighted by Crippen LogP contribution is 2.38. The molecule has 0 aliphatic heterocycles. The van der Waals surface area contributed by atoms with Crippen LogP contribution in [0.4, 0.5) is 0 Å². The van der Waals surface area contributed by atoms with Gasteiger partial charge < -0.3 is 4.42 Å². The maximum atomic E-state index is 6.13. The van der Waals surface area contributed by atoms with Gasteiger partial charge in [0, 0.05) is 21.9 Å². The molecule has 0 N–H and O–H groups in total. The SMILES string of the molecule is Clc1ccc2c(c1)oc1cccc(-c3cccc(-c4ccccc4)c3)c12. The second kappa shape index (κ2) is 6.05. The fraction of sp³-hybridized carbons (Fsp3) is 0. The van der Waals surface area contributed by atoms with E-state index in [1.807, 2.05) is 36.4 Å². The van der Waals surface area contributed by atoms with Gasteiger partial charge >= 0.3 is 0 Å². The summed E-state index contributed by atoms with van der Waals surface area (Å²) in [7, 11) is 0. The van der Waals surface area contributed by atoms with E-state index in [-0.39, 0.29) is 0 Å². The van der Waals surface area contributed by atoms with Crippen LogP contribution in [0.5, 0.6) is 0 Å². The minimum Gasteiger partial charge on any atom is -0.456 e. The topological polar surface area (TPSA) is 13.1 Å². The second-order valence-corrected chi connectivity index (χ2v) is 6.80. The number of furan rings is 1. The van der Waals surface area contributed by atoms with E-state index in [1.165, 1.54) is 22.3 Å². The van der Waals surface area contributed by atoms with Gasteiger partial charge in [0.05, 0.1) is 0 Å². The average molecular weight is 355 g/mol. The molecule has 0 radical (unpaired) electrons. The van der Waals surface area contributed by atoms with Crippen LogP contribution in [0, 0.1) is 0 Å². The Morgan fingerprint density at radius 3 is 2.23 bits per heavy atom. The van der Waals surface area contributed by atoms with Crippen molar-refractivity contribution >= 4 is 33.5 Å². The van der Waals surface area contributed by atoms with Crippen molar-refractivity contribution in [2.24, 2.45) is 0 Å². The zero-order valence-corrected chi connectivity index (χ0v) is 14.7. The normalized spacial score (nSPS) is 11.3. The number of rotatable bonds is 2. The van der Waals surface area contributed by atoms with Crippen LogP contribution in [-0.2, 0) is 0 Å². The zero-order valence-electron chi connectivity index (χ0n) is 13.9. The summed E-state index contributed by atoms with van der Waals surface area (Å²) in [5.41, 5.74) is 6.46. The zero-order chi connectivity index (χ0) is 17.5. The van der Waals surface area contributed by atoms with Crippen LogP contribution in [-0.4, -0.2) is 0 Å². The Kier molecular flexibility index (Phi) is 3.55. The summed E-state index contributed by atoms with van der Waals surface area (Å²) in [6.07, 6.45) is 0. The standard InChI is InChI=1S/C24H15ClO/c25-19-12-13-21-23(15-19)26-22-11-5-10-20(24(21)22)18-9-4-8-17(14-18)16-6-2-1-3-7-16/h1-15H. The molecule has 5 rings (SSSR count). The fourth-order valence-electron chi connectivity index (χ4n) is 3.54. The van der Waals surface area contributed by atoms with Crippen molar-refractivity contribution in [1.29, 1.82) is 0 Å². The van der Waals surface area contributed by atoms with Crippen molar-refractivity contribution in [1.82, 2.24) is 0 Å². The van der Waals surface area contributed by atoms with E-state index in [0.29, 0.717) is 5.02 Å². The number of fused-ring (bicyclic) bond motifs is 3. The van der Waals surface area contributed by atoms with Gasteiger partial charge in [-0.05, 0) is 46.5 Å². The van der Waals surface area contributed by atoms with Gasteiger partial charge in [0.1, 0.15) is 11.2 Å². The maximum absolute atomic E-state index is 6.13. The number of halogens is 1. The van der Waals surface area contributed by atoms with Gasteiger partial charge in [0.2, 0.25) is 0 Å². The largest absolute Gasteiger partial charge is 0.456 e. The molecule has 4 aromatic carbocycles. The highest BCUT2D eigenvalue weighted by atomic mass is 35.5. The van der Waals surface area contributed by atoms with Gasteiger partial charge in [-0.25, -0.2) is 0 Å². The van der Waals surface area contributed by atoms with Crippen molar-refractivity contribution in [2.45, 2.75) is 0 Å². The van der Waals surface area contributed by atoms with Crippen LogP contribution in [0.15, 0.2) is 95.4 Å². The summed E-state index contributed by atoms with van der Waals surface area (Å²) in [6.45, 7) is 0. The van der Waals surface area contributed by atoms with Crippen molar-refractivity contribution in [3.8, 4) is 22.3 Å². The summed E-state index contributed by atoms with van der Waals surface area (Å²) in [4.78, 5) is 0. The van der Waals surface area contributed by atoms with Crippen molar-refractivity contribution in [3.05, 3.63) is 96.0 Å². The quantitative estimate of drug-likeness (QED) is 0.318. The molecule has 0 fully saturated rings. The Labute approximate surface area is 156 Å². The van der Waals surface area contributed by atoms with Gasteiger partial charge in [-0.15, -0.1) is 0 Å². The molecule has 1 nitrogen and oxygen atoms in total. The molecule has 5 aromatic rings. The molecule has 124 valence electrons.